The Morgan fingerprint density at radius 3 is 2.46 bits per heavy atom. The van der Waals surface area contributed by atoms with Gasteiger partial charge >= 0.3 is 5.97 Å². The predicted octanol–water partition coefficient (Wildman–Crippen LogP) is 4.54. The molecule has 148 valence electrons. The molecular weight excluding hydrogens is 361 g/mol. The van der Waals surface area contributed by atoms with Gasteiger partial charge < -0.3 is 15.2 Å². The van der Waals surface area contributed by atoms with E-state index < -0.39 is 5.97 Å². The Balaban J connectivity index is 1.55. The summed E-state index contributed by atoms with van der Waals surface area (Å²) in [7, 11) is 0. The van der Waals surface area contributed by atoms with Crippen molar-refractivity contribution in [2.75, 3.05) is 5.32 Å². The van der Waals surface area contributed by atoms with Crippen molar-refractivity contribution in [2.24, 2.45) is 11.8 Å². The number of halogens is 1. The molecule has 0 unspecified atom stereocenters. The Hall–Kier alpha value is -2.89. The number of carbonyl (C=O) groups is 2. The van der Waals surface area contributed by atoms with E-state index in [1.807, 2.05) is 13.0 Å². The molecule has 0 bridgehead atoms. The van der Waals surface area contributed by atoms with E-state index in [4.69, 9.17) is 9.84 Å². The normalized spacial score (nSPS) is 19.1. The maximum atomic E-state index is 13.2. The van der Waals surface area contributed by atoms with E-state index in [-0.39, 0.29) is 30.2 Å². The molecule has 6 heteroatoms. The number of nitrogens with one attached hydrogen (secondary N) is 1. The minimum Gasteiger partial charge on any atom is -0.489 e. The van der Waals surface area contributed by atoms with Crippen LogP contribution in [0.2, 0.25) is 0 Å². The zero-order chi connectivity index (χ0) is 20.1. The standard InChI is InChI=1S/C22H24FNO4/c1-14-11-19(28-13-15-3-2-4-18(23)12-15)9-10-20(14)24-21(25)16-5-7-17(8-6-16)22(26)27/h2-4,9-12,16-17H,5-8,13H2,1H3,(H,24,25)(H,26,27). The number of carbonyl (C=O) groups excluding carboxylic acids is 1. The minimum absolute atomic E-state index is 0.0691. The number of amides is 1. The van der Waals surface area contributed by atoms with Gasteiger partial charge in [0.15, 0.2) is 0 Å². The van der Waals surface area contributed by atoms with Gasteiger partial charge in [-0.25, -0.2) is 4.39 Å². The molecule has 2 aromatic carbocycles. The Bertz CT molecular complexity index is 859. The summed E-state index contributed by atoms with van der Waals surface area (Å²) in [6.07, 6.45) is 2.27. The van der Waals surface area contributed by atoms with Crippen molar-refractivity contribution in [3.63, 3.8) is 0 Å². The largest absolute Gasteiger partial charge is 0.489 e. The fourth-order valence-electron chi connectivity index (χ4n) is 3.50. The zero-order valence-electron chi connectivity index (χ0n) is 15.8. The van der Waals surface area contributed by atoms with Crippen LogP contribution in [-0.4, -0.2) is 17.0 Å². The molecule has 1 fully saturated rings. The lowest BCUT2D eigenvalue weighted by Crippen LogP contribution is -2.29. The summed E-state index contributed by atoms with van der Waals surface area (Å²) in [6.45, 7) is 2.14. The fraction of sp³-hybridized carbons (Fsp3) is 0.364. The number of hydrogen-bond donors (Lipinski definition) is 2. The van der Waals surface area contributed by atoms with Gasteiger partial charge in [-0.1, -0.05) is 12.1 Å². The third-order valence-electron chi connectivity index (χ3n) is 5.20. The highest BCUT2D eigenvalue weighted by Crippen LogP contribution is 2.30. The van der Waals surface area contributed by atoms with Crippen LogP contribution in [0.5, 0.6) is 5.75 Å². The Kier molecular flexibility index (Phi) is 6.29. The van der Waals surface area contributed by atoms with Crippen molar-refractivity contribution in [3.8, 4) is 5.75 Å². The monoisotopic (exact) mass is 385 g/mol. The molecule has 1 amide bonds. The van der Waals surface area contributed by atoms with E-state index >= 15 is 0 Å². The summed E-state index contributed by atoms with van der Waals surface area (Å²) in [5, 5.41) is 12.0. The molecule has 1 aliphatic carbocycles. The average Bonchev–Trinajstić information content (AvgIpc) is 2.68. The highest BCUT2D eigenvalue weighted by Gasteiger charge is 2.29. The smallest absolute Gasteiger partial charge is 0.306 e. The number of carboxylic acids is 1. The number of aryl methyl sites for hydroxylation is 1. The van der Waals surface area contributed by atoms with E-state index in [0.717, 1.165) is 11.1 Å². The average molecular weight is 385 g/mol. The van der Waals surface area contributed by atoms with Crippen molar-refractivity contribution >= 4 is 17.6 Å². The summed E-state index contributed by atoms with van der Waals surface area (Å²) in [4.78, 5) is 23.5. The second-order valence-electron chi connectivity index (χ2n) is 7.27. The lowest BCUT2D eigenvalue weighted by atomic mass is 9.81. The molecule has 0 atom stereocenters. The molecule has 5 nitrogen and oxygen atoms in total. The number of carboxylic acid groups (broad SMARTS) is 1. The van der Waals surface area contributed by atoms with Crippen LogP contribution in [0.3, 0.4) is 0 Å². The first-order valence-electron chi connectivity index (χ1n) is 9.44. The molecule has 28 heavy (non-hydrogen) atoms. The molecule has 0 aromatic heterocycles. The highest BCUT2D eigenvalue weighted by molar-refractivity contribution is 5.93. The van der Waals surface area contributed by atoms with Gasteiger partial charge in [0.25, 0.3) is 0 Å². The summed E-state index contributed by atoms with van der Waals surface area (Å²) in [5.41, 5.74) is 2.32. The third kappa shape index (κ3) is 5.09. The van der Waals surface area contributed by atoms with Crippen LogP contribution < -0.4 is 10.1 Å². The molecular formula is C22H24FNO4. The number of ether oxygens (including phenoxy) is 1. The number of hydrogen-bond acceptors (Lipinski definition) is 3. The second-order valence-corrected chi connectivity index (χ2v) is 7.27. The Morgan fingerprint density at radius 1 is 1.11 bits per heavy atom. The van der Waals surface area contributed by atoms with Crippen LogP contribution in [0, 0.1) is 24.6 Å². The first-order valence-corrected chi connectivity index (χ1v) is 9.44. The second kappa shape index (κ2) is 8.87. The zero-order valence-corrected chi connectivity index (χ0v) is 15.8. The predicted molar refractivity (Wildman–Crippen MR) is 104 cm³/mol. The third-order valence-corrected chi connectivity index (χ3v) is 5.20. The van der Waals surface area contributed by atoms with Crippen LogP contribution in [-0.2, 0) is 16.2 Å². The van der Waals surface area contributed by atoms with Crippen molar-refractivity contribution in [2.45, 2.75) is 39.2 Å². The summed E-state index contributed by atoms with van der Waals surface area (Å²) in [5.74, 6) is -0.988. The molecule has 2 aromatic rings. The lowest BCUT2D eigenvalue weighted by Gasteiger charge is -2.25. The molecule has 3 rings (SSSR count). The fourth-order valence-corrected chi connectivity index (χ4v) is 3.50. The van der Waals surface area contributed by atoms with E-state index in [1.54, 1.807) is 24.3 Å². The van der Waals surface area contributed by atoms with Crippen LogP contribution in [0.4, 0.5) is 10.1 Å². The van der Waals surface area contributed by atoms with E-state index in [9.17, 15) is 14.0 Å². The maximum Gasteiger partial charge on any atom is 0.306 e. The number of rotatable bonds is 6. The topological polar surface area (TPSA) is 75.6 Å². The summed E-state index contributed by atoms with van der Waals surface area (Å²) in [6, 6.07) is 11.6. The molecule has 2 N–H and O–H groups in total. The van der Waals surface area contributed by atoms with Gasteiger partial charge in [-0.15, -0.1) is 0 Å². The molecule has 0 saturated heterocycles. The molecule has 1 saturated carbocycles. The van der Waals surface area contributed by atoms with Gasteiger partial charge in [0.1, 0.15) is 18.2 Å². The first kappa shape index (κ1) is 19.9. The van der Waals surface area contributed by atoms with Gasteiger partial charge in [0.2, 0.25) is 5.91 Å². The maximum absolute atomic E-state index is 13.2. The van der Waals surface area contributed by atoms with Crippen LogP contribution >= 0.6 is 0 Å². The van der Waals surface area contributed by atoms with Crippen LogP contribution in [0.15, 0.2) is 42.5 Å². The van der Waals surface area contributed by atoms with E-state index in [0.29, 0.717) is 37.1 Å². The van der Waals surface area contributed by atoms with Gasteiger partial charge in [-0.3, -0.25) is 9.59 Å². The summed E-state index contributed by atoms with van der Waals surface area (Å²) >= 11 is 0. The molecule has 0 aliphatic heterocycles. The van der Waals surface area contributed by atoms with Gasteiger partial charge in [-0.05, 0) is 74.1 Å². The quantitative estimate of drug-likeness (QED) is 0.765. The molecule has 1 aliphatic rings. The van der Waals surface area contributed by atoms with Crippen molar-refractivity contribution in [1.82, 2.24) is 0 Å². The molecule has 0 radical (unpaired) electrons. The Labute approximate surface area is 163 Å². The first-order chi connectivity index (χ1) is 13.4. The van der Waals surface area contributed by atoms with Crippen molar-refractivity contribution in [3.05, 3.63) is 59.4 Å². The van der Waals surface area contributed by atoms with Gasteiger partial charge in [0, 0.05) is 11.6 Å². The lowest BCUT2D eigenvalue weighted by molar-refractivity contribution is -0.143. The van der Waals surface area contributed by atoms with Crippen molar-refractivity contribution < 1.29 is 23.8 Å². The SMILES string of the molecule is Cc1cc(OCc2cccc(F)c2)ccc1NC(=O)C1CCC(C(=O)O)CC1. The highest BCUT2D eigenvalue weighted by atomic mass is 19.1. The van der Waals surface area contributed by atoms with Gasteiger partial charge in [0.05, 0.1) is 5.92 Å². The number of anilines is 1. The molecule has 0 spiro atoms. The minimum atomic E-state index is -0.775. The Morgan fingerprint density at radius 2 is 1.82 bits per heavy atom. The van der Waals surface area contributed by atoms with Crippen molar-refractivity contribution in [1.29, 1.82) is 0 Å². The van der Waals surface area contributed by atoms with Crippen LogP contribution in [0.25, 0.3) is 0 Å². The molecule has 0 heterocycles. The van der Waals surface area contributed by atoms with Crippen LogP contribution in [0.1, 0.15) is 36.8 Å². The van der Waals surface area contributed by atoms with Gasteiger partial charge in [-0.2, -0.15) is 0 Å². The van der Waals surface area contributed by atoms with E-state index in [1.165, 1.54) is 12.1 Å². The number of benzene rings is 2. The number of aliphatic carboxylic acids is 1. The summed E-state index contributed by atoms with van der Waals surface area (Å²) < 4.78 is 18.9. The van der Waals surface area contributed by atoms with E-state index in [2.05, 4.69) is 5.32 Å².